The average molecular weight is 384 g/mol. The summed E-state index contributed by atoms with van der Waals surface area (Å²) in [5.74, 6) is -8.91. The smallest absolute Gasteiger partial charge is 0.317 e. The first-order valence-electron chi connectivity index (χ1n) is 7.40. The van der Waals surface area contributed by atoms with E-state index in [2.05, 4.69) is 5.32 Å². The molecule has 0 spiro atoms. The molecule has 2 rings (SSSR count). The number of hydrogen-bond acceptors (Lipinski definition) is 4. The lowest BCUT2D eigenvalue weighted by Crippen LogP contribution is -2.44. The van der Waals surface area contributed by atoms with Crippen LogP contribution in [-0.4, -0.2) is 50.0 Å². The Bertz CT molecular complexity index is 746. The van der Waals surface area contributed by atoms with Crippen molar-refractivity contribution in [2.75, 3.05) is 26.2 Å². The zero-order chi connectivity index (χ0) is 18.8. The van der Waals surface area contributed by atoms with Crippen molar-refractivity contribution in [3.05, 3.63) is 29.3 Å². The fourth-order valence-electron chi connectivity index (χ4n) is 2.70. The molecule has 25 heavy (non-hydrogen) atoms. The van der Waals surface area contributed by atoms with E-state index in [0.717, 1.165) is 4.31 Å². The van der Waals surface area contributed by atoms with Crippen molar-refractivity contribution in [3.8, 4) is 0 Å². The minimum absolute atomic E-state index is 0.0570. The highest BCUT2D eigenvalue weighted by Crippen LogP contribution is 2.29. The normalized spacial score (nSPS) is 19.1. The van der Waals surface area contributed by atoms with Crippen LogP contribution in [0.15, 0.2) is 11.0 Å². The van der Waals surface area contributed by atoms with Gasteiger partial charge < -0.3 is 10.4 Å². The Morgan fingerprint density at radius 3 is 2.40 bits per heavy atom. The van der Waals surface area contributed by atoms with Gasteiger partial charge in [-0.25, -0.2) is 26.0 Å². The first-order chi connectivity index (χ1) is 11.6. The minimum atomic E-state index is -4.78. The summed E-state index contributed by atoms with van der Waals surface area (Å²) in [6.07, 6.45) is 0.931. The van der Waals surface area contributed by atoms with E-state index in [4.69, 9.17) is 5.11 Å². The van der Waals surface area contributed by atoms with Crippen LogP contribution in [0.1, 0.15) is 12.8 Å². The molecule has 0 aliphatic carbocycles. The van der Waals surface area contributed by atoms with E-state index in [1.807, 2.05) is 0 Å². The average Bonchev–Trinajstić information content (AvgIpc) is 2.53. The lowest BCUT2D eigenvalue weighted by molar-refractivity contribution is -0.136. The molecule has 1 aliphatic heterocycles. The van der Waals surface area contributed by atoms with E-state index in [1.54, 1.807) is 0 Å². The number of carboxylic acid groups (broad SMARTS) is 1. The summed E-state index contributed by atoms with van der Waals surface area (Å²) in [6, 6.07) is -0.0570. The molecule has 11 heteroatoms. The predicted molar refractivity (Wildman–Crippen MR) is 78.3 cm³/mol. The van der Waals surface area contributed by atoms with Gasteiger partial charge in [0.25, 0.3) is 0 Å². The Balaban J connectivity index is 2.24. The van der Waals surface area contributed by atoms with Gasteiger partial charge >= 0.3 is 5.97 Å². The molecular weight excluding hydrogens is 368 g/mol. The van der Waals surface area contributed by atoms with Crippen molar-refractivity contribution in [2.24, 2.45) is 5.92 Å². The highest BCUT2D eigenvalue weighted by Gasteiger charge is 2.36. The van der Waals surface area contributed by atoms with Crippen molar-refractivity contribution in [1.29, 1.82) is 0 Å². The van der Waals surface area contributed by atoms with E-state index in [1.165, 1.54) is 0 Å². The van der Waals surface area contributed by atoms with E-state index < -0.39 is 44.2 Å². The van der Waals surface area contributed by atoms with Crippen LogP contribution in [0.2, 0.25) is 0 Å². The van der Waals surface area contributed by atoms with Crippen LogP contribution in [0, 0.1) is 29.2 Å². The number of carbonyl (C=O) groups is 1. The third-order valence-electron chi connectivity index (χ3n) is 3.86. The van der Waals surface area contributed by atoms with Crippen LogP contribution in [-0.2, 0) is 14.8 Å². The maximum atomic E-state index is 13.8. The molecule has 140 valence electrons. The second kappa shape index (κ2) is 7.67. The molecule has 1 atom stereocenters. The summed E-state index contributed by atoms with van der Waals surface area (Å²) >= 11 is 0. The van der Waals surface area contributed by atoms with E-state index >= 15 is 0 Å². The number of carboxylic acids is 1. The van der Waals surface area contributed by atoms with Crippen LogP contribution >= 0.6 is 0 Å². The van der Waals surface area contributed by atoms with Gasteiger partial charge in [-0.2, -0.15) is 4.31 Å². The van der Waals surface area contributed by atoms with Crippen molar-refractivity contribution in [2.45, 2.75) is 17.7 Å². The van der Waals surface area contributed by atoms with Gasteiger partial charge in [0.15, 0.2) is 28.2 Å². The first kappa shape index (κ1) is 19.6. The highest BCUT2D eigenvalue weighted by molar-refractivity contribution is 7.89. The Labute approximate surface area is 141 Å². The monoisotopic (exact) mass is 384 g/mol. The molecule has 1 fully saturated rings. The molecule has 1 heterocycles. The first-order valence-corrected chi connectivity index (χ1v) is 8.84. The highest BCUT2D eigenvalue weighted by atomic mass is 32.2. The lowest BCUT2D eigenvalue weighted by atomic mass is 10.00. The summed E-state index contributed by atoms with van der Waals surface area (Å²) in [7, 11) is -4.78. The number of sulfonamides is 1. The zero-order valence-electron chi connectivity index (χ0n) is 12.9. The van der Waals surface area contributed by atoms with E-state index in [0.29, 0.717) is 12.8 Å². The van der Waals surface area contributed by atoms with Gasteiger partial charge in [0, 0.05) is 19.2 Å². The van der Waals surface area contributed by atoms with Crippen molar-refractivity contribution >= 4 is 16.0 Å². The number of halogens is 4. The third kappa shape index (κ3) is 4.28. The molecule has 1 unspecified atom stereocenters. The van der Waals surface area contributed by atoms with E-state index in [9.17, 15) is 30.8 Å². The molecule has 6 nitrogen and oxygen atoms in total. The molecule has 2 N–H and O–H groups in total. The van der Waals surface area contributed by atoms with Gasteiger partial charge in [-0.15, -0.1) is 0 Å². The van der Waals surface area contributed by atoms with Crippen molar-refractivity contribution in [1.82, 2.24) is 9.62 Å². The Morgan fingerprint density at radius 1 is 1.24 bits per heavy atom. The van der Waals surface area contributed by atoms with Crippen LogP contribution in [0.25, 0.3) is 0 Å². The van der Waals surface area contributed by atoms with Crippen molar-refractivity contribution < 1.29 is 35.9 Å². The number of benzene rings is 1. The fraction of sp³-hybridized carbons (Fsp3) is 0.500. The molecule has 1 saturated heterocycles. The number of nitrogens with zero attached hydrogens (tertiary/aromatic N) is 1. The summed E-state index contributed by atoms with van der Waals surface area (Å²) < 4.78 is 79.9. The standard InChI is InChI=1S/C14H16F4N2O4S/c15-9-4-10(16)13(18)14(12(9)17)25(23,24)20-3-1-2-8(7-20)5-19-6-11(21)22/h4,8,19H,1-3,5-7H2,(H,21,22). The fourth-order valence-corrected chi connectivity index (χ4v) is 4.38. The van der Waals surface area contributed by atoms with Crippen LogP contribution < -0.4 is 5.32 Å². The number of piperidine rings is 1. The lowest BCUT2D eigenvalue weighted by Gasteiger charge is -2.32. The quantitative estimate of drug-likeness (QED) is 0.571. The minimum Gasteiger partial charge on any atom is -0.480 e. The maximum Gasteiger partial charge on any atom is 0.317 e. The molecule has 1 aromatic rings. The van der Waals surface area contributed by atoms with Gasteiger partial charge in [-0.05, 0) is 25.3 Å². The molecule has 1 aliphatic rings. The second-order valence-corrected chi connectivity index (χ2v) is 7.57. The summed E-state index contributed by atoms with van der Waals surface area (Å²) in [4.78, 5) is 8.82. The predicted octanol–water partition coefficient (Wildman–Crippen LogP) is 1.32. The Hall–Kier alpha value is -1.72. The van der Waals surface area contributed by atoms with E-state index in [-0.39, 0.29) is 38.2 Å². The third-order valence-corrected chi connectivity index (χ3v) is 5.75. The molecule has 0 bridgehead atoms. The van der Waals surface area contributed by atoms with Crippen LogP contribution in [0.3, 0.4) is 0 Å². The van der Waals surface area contributed by atoms with Gasteiger partial charge in [0.05, 0.1) is 6.54 Å². The Morgan fingerprint density at radius 2 is 1.84 bits per heavy atom. The largest absolute Gasteiger partial charge is 0.480 e. The maximum absolute atomic E-state index is 13.8. The number of rotatable bonds is 6. The number of aliphatic carboxylic acids is 1. The Kier molecular flexibility index (Phi) is 6.01. The SMILES string of the molecule is O=C(O)CNCC1CCCN(S(=O)(=O)c2c(F)c(F)cc(F)c2F)C1. The van der Waals surface area contributed by atoms with Crippen molar-refractivity contribution in [3.63, 3.8) is 0 Å². The van der Waals surface area contributed by atoms with Crippen LogP contribution in [0.5, 0.6) is 0 Å². The second-order valence-electron chi connectivity index (χ2n) is 5.69. The summed E-state index contributed by atoms with van der Waals surface area (Å²) in [5, 5.41) is 11.2. The molecule has 1 aromatic carbocycles. The molecule has 0 saturated carbocycles. The zero-order valence-corrected chi connectivity index (χ0v) is 13.8. The molecule has 0 aromatic heterocycles. The number of nitrogens with one attached hydrogen (secondary N) is 1. The van der Waals surface area contributed by atoms with Gasteiger partial charge in [-0.3, -0.25) is 4.79 Å². The number of hydrogen-bond donors (Lipinski definition) is 2. The molecular formula is C14H16F4N2O4S. The van der Waals surface area contributed by atoms with Crippen LogP contribution in [0.4, 0.5) is 17.6 Å². The summed E-state index contributed by atoms with van der Waals surface area (Å²) in [5.41, 5.74) is 0. The summed E-state index contributed by atoms with van der Waals surface area (Å²) in [6.45, 7) is -0.344. The van der Waals surface area contributed by atoms with Gasteiger partial charge in [-0.1, -0.05) is 0 Å². The van der Waals surface area contributed by atoms with Gasteiger partial charge in [0.2, 0.25) is 10.0 Å². The van der Waals surface area contributed by atoms with Gasteiger partial charge in [0.1, 0.15) is 0 Å². The molecule has 0 amide bonds. The molecule has 0 radical (unpaired) electrons. The topological polar surface area (TPSA) is 86.7 Å².